The zero-order valence-electron chi connectivity index (χ0n) is 16.8. The normalized spacial score (nSPS) is 11.4. The second kappa shape index (κ2) is 8.66. The van der Waals surface area contributed by atoms with Crippen LogP contribution in [0.1, 0.15) is 11.3 Å². The van der Waals surface area contributed by atoms with Crippen LogP contribution in [0.25, 0.3) is 11.0 Å². The number of ether oxygens (including phenoxy) is 3. The highest BCUT2D eigenvalue weighted by molar-refractivity contribution is 5.79. The quantitative estimate of drug-likeness (QED) is 0.356. The highest BCUT2D eigenvalue weighted by Gasteiger charge is 2.40. The minimum Gasteiger partial charge on any atom is -0.497 e. The fourth-order valence-electron chi connectivity index (χ4n) is 3.05. The van der Waals surface area contributed by atoms with Crippen LogP contribution < -0.4 is 19.6 Å². The van der Waals surface area contributed by atoms with Crippen LogP contribution in [-0.4, -0.2) is 7.11 Å². The summed E-state index contributed by atoms with van der Waals surface area (Å²) in [7, 11) is 1.40. The highest BCUT2D eigenvalue weighted by atomic mass is 19.4. The van der Waals surface area contributed by atoms with Crippen molar-refractivity contribution >= 4 is 11.0 Å². The number of methoxy groups -OCH3 is 1. The van der Waals surface area contributed by atoms with E-state index in [1.165, 1.54) is 43.5 Å². The summed E-state index contributed by atoms with van der Waals surface area (Å²) in [4.78, 5) is 12.9. The molecule has 0 fully saturated rings. The van der Waals surface area contributed by atoms with Crippen molar-refractivity contribution in [1.82, 2.24) is 0 Å². The lowest BCUT2D eigenvalue weighted by molar-refractivity contribution is -0.154. The first-order chi connectivity index (χ1) is 15.3. The largest absolute Gasteiger partial charge is 0.497 e. The molecule has 0 aliphatic rings. The molecule has 0 aliphatic carbocycles. The van der Waals surface area contributed by atoms with Gasteiger partial charge in [0.2, 0.25) is 11.2 Å². The molecular formula is C24H17F3O5. The topological polar surface area (TPSA) is 57.9 Å². The van der Waals surface area contributed by atoms with E-state index in [4.69, 9.17) is 18.6 Å². The number of halogens is 3. The third-order valence-electron chi connectivity index (χ3n) is 4.59. The summed E-state index contributed by atoms with van der Waals surface area (Å²) in [5.74, 6) is -1.85. The predicted octanol–water partition coefficient (Wildman–Crippen LogP) is 6.19. The van der Waals surface area contributed by atoms with E-state index in [1.54, 1.807) is 6.07 Å². The van der Waals surface area contributed by atoms with Gasteiger partial charge in [-0.25, -0.2) is 0 Å². The Hall–Kier alpha value is -3.94. The fraction of sp³-hybridized carbons (Fsp3) is 0.125. The fourth-order valence-corrected chi connectivity index (χ4v) is 3.05. The molecule has 32 heavy (non-hydrogen) atoms. The Morgan fingerprint density at radius 2 is 1.62 bits per heavy atom. The maximum absolute atomic E-state index is 13.7. The minimum atomic E-state index is -4.96. The number of fused-ring (bicyclic) bond motifs is 1. The number of hydrogen-bond donors (Lipinski definition) is 0. The van der Waals surface area contributed by atoms with Gasteiger partial charge in [-0.05, 0) is 29.8 Å². The standard InChI is InChI=1S/C24H17F3O5/c1-29-16-8-5-9-18(12-16)31-22-21(28)19-11-10-17(30-14-15-6-3-2-4-7-15)13-20(19)32-23(22)24(25,26)27/h2-13H,14H2,1H3. The summed E-state index contributed by atoms with van der Waals surface area (Å²) in [5.41, 5.74) is -0.325. The summed E-state index contributed by atoms with van der Waals surface area (Å²) < 4.78 is 62.2. The van der Waals surface area contributed by atoms with Crippen LogP contribution in [0.5, 0.6) is 23.0 Å². The summed E-state index contributed by atoms with van der Waals surface area (Å²) in [5, 5.41) is -0.0667. The summed E-state index contributed by atoms with van der Waals surface area (Å²) >= 11 is 0. The Bertz CT molecular complexity index is 1300. The third kappa shape index (κ3) is 4.54. The lowest BCUT2D eigenvalue weighted by Crippen LogP contribution is -2.15. The molecule has 5 nitrogen and oxygen atoms in total. The molecule has 0 N–H and O–H groups in total. The molecule has 0 bridgehead atoms. The van der Waals surface area contributed by atoms with Crippen LogP contribution >= 0.6 is 0 Å². The van der Waals surface area contributed by atoms with Gasteiger partial charge in [0.05, 0.1) is 12.5 Å². The molecule has 1 aromatic heterocycles. The second-order valence-corrected chi connectivity index (χ2v) is 6.80. The smallest absolute Gasteiger partial charge is 0.453 e. The Morgan fingerprint density at radius 1 is 0.875 bits per heavy atom. The molecule has 0 aliphatic heterocycles. The van der Waals surface area contributed by atoms with Gasteiger partial charge >= 0.3 is 6.18 Å². The Labute approximate surface area is 180 Å². The highest BCUT2D eigenvalue weighted by Crippen LogP contribution is 2.39. The third-order valence-corrected chi connectivity index (χ3v) is 4.59. The van der Waals surface area contributed by atoms with Crippen LogP contribution in [-0.2, 0) is 12.8 Å². The molecule has 0 saturated heterocycles. The SMILES string of the molecule is COc1cccc(Oc2c(C(F)(F)F)oc3cc(OCc4ccccc4)ccc3c2=O)c1. The van der Waals surface area contributed by atoms with Crippen LogP contribution in [0.3, 0.4) is 0 Å². The van der Waals surface area contributed by atoms with Crippen molar-refractivity contribution < 1.29 is 31.8 Å². The van der Waals surface area contributed by atoms with Gasteiger partial charge < -0.3 is 18.6 Å². The molecule has 4 aromatic rings. The van der Waals surface area contributed by atoms with Crippen LogP contribution in [0.2, 0.25) is 0 Å². The maximum atomic E-state index is 13.7. The molecule has 1 heterocycles. The summed E-state index contributed by atoms with van der Waals surface area (Å²) in [6.07, 6.45) is -4.96. The predicted molar refractivity (Wildman–Crippen MR) is 111 cm³/mol. The van der Waals surface area contributed by atoms with E-state index in [0.29, 0.717) is 5.75 Å². The lowest BCUT2D eigenvalue weighted by atomic mass is 10.2. The van der Waals surface area contributed by atoms with E-state index in [9.17, 15) is 18.0 Å². The summed E-state index contributed by atoms with van der Waals surface area (Å²) in [6, 6.07) is 19.2. The summed E-state index contributed by atoms with van der Waals surface area (Å²) in [6.45, 7) is 0.208. The van der Waals surface area contributed by atoms with Crippen LogP contribution in [0.15, 0.2) is 82.0 Å². The van der Waals surface area contributed by atoms with E-state index in [-0.39, 0.29) is 29.1 Å². The minimum absolute atomic E-state index is 0.00399. The second-order valence-electron chi connectivity index (χ2n) is 6.80. The first kappa shape index (κ1) is 21.3. The number of benzene rings is 3. The maximum Gasteiger partial charge on any atom is 0.453 e. The van der Waals surface area contributed by atoms with Gasteiger partial charge in [-0.1, -0.05) is 36.4 Å². The average Bonchev–Trinajstić information content (AvgIpc) is 2.79. The van der Waals surface area contributed by atoms with E-state index in [0.717, 1.165) is 5.56 Å². The average molecular weight is 442 g/mol. The van der Waals surface area contributed by atoms with Crippen molar-refractivity contribution in [3.8, 4) is 23.0 Å². The lowest BCUT2D eigenvalue weighted by Gasteiger charge is -2.14. The van der Waals surface area contributed by atoms with Crippen molar-refractivity contribution in [2.45, 2.75) is 12.8 Å². The van der Waals surface area contributed by atoms with Crippen molar-refractivity contribution in [3.05, 3.63) is 94.3 Å². The van der Waals surface area contributed by atoms with E-state index < -0.39 is 23.1 Å². The first-order valence-electron chi connectivity index (χ1n) is 9.52. The number of hydrogen-bond acceptors (Lipinski definition) is 5. The molecule has 0 atom stereocenters. The molecule has 8 heteroatoms. The molecule has 0 saturated carbocycles. The van der Waals surface area contributed by atoms with Crippen molar-refractivity contribution in [2.24, 2.45) is 0 Å². The molecule has 0 unspecified atom stereocenters. The number of rotatable bonds is 6. The van der Waals surface area contributed by atoms with Crippen molar-refractivity contribution in [3.63, 3.8) is 0 Å². The van der Waals surface area contributed by atoms with E-state index in [1.807, 2.05) is 30.3 Å². The Kier molecular flexibility index (Phi) is 5.77. The molecule has 4 rings (SSSR count). The number of alkyl halides is 3. The van der Waals surface area contributed by atoms with Gasteiger partial charge in [0.1, 0.15) is 29.4 Å². The molecular weight excluding hydrogens is 425 g/mol. The van der Waals surface area contributed by atoms with Gasteiger partial charge in [0, 0.05) is 12.1 Å². The van der Waals surface area contributed by atoms with E-state index >= 15 is 0 Å². The van der Waals surface area contributed by atoms with Crippen molar-refractivity contribution in [2.75, 3.05) is 7.11 Å². The monoisotopic (exact) mass is 442 g/mol. The van der Waals surface area contributed by atoms with Gasteiger partial charge in [-0.3, -0.25) is 4.79 Å². The van der Waals surface area contributed by atoms with Crippen LogP contribution in [0, 0.1) is 0 Å². The van der Waals surface area contributed by atoms with E-state index in [2.05, 4.69) is 0 Å². The molecule has 0 radical (unpaired) electrons. The molecule has 3 aromatic carbocycles. The van der Waals surface area contributed by atoms with Crippen molar-refractivity contribution in [1.29, 1.82) is 0 Å². The van der Waals surface area contributed by atoms with Gasteiger partial charge in [-0.2, -0.15) is 13.2 Å². The zero-order chi connectivity index (χ0) is 22.7. The van der Waals surface area contributed by atoms with Crippen LogP contribution in [0.4, 0.5) is 13.2 Å². The van der Waals surface area contributed by atoms with Gasteiger partial charge in [0.25, 0.3) is 5.76 Å². The first-order valence-corrected chi connectivity index (χ1v) is 9.52. The zero-order valence-corrected chi connectivity index (χ0v) is 16.8. The molecule has 0 amide bonds. The molecule has 164 valence electrons. The Balaban J connectivity index is 1.73. The van der Waals surface area contributed by atoms with Gasteiger partial charge in [-0.15, -0.1) is 0 Å². The molecule has 0 spiro atoms. The van der Waals surface area contributed by atoms with Gasteiger partial charge in [0.15, 0.2) is 0 Å². The Morgan fingerprint density at radius 3 is 2.34 bits per heavy atom.